The number of likely N-dealkylation sites (tertiary alicyclic amines) is 1. The van der Waals surface area contributed by atoms with Crippen LogP contribution >= 0.6 is 11.3 Å². The molecule has 0 unspecified atom stereocenters. The number of rotatable bonds is 6. The molecule has 136 valence electrons. The molecule has 1 aliphatic heterocycles. The number of hydrogen-bond donors (Lipinski definition) is 2. The van der Waals surface area contributed by atoms with Crippen LogP contribution < -0.4 is 4.74 Å². The number of benzene rings is 2. The number of thiophene rings is 1. The Hall–Kier alpha value is -2.08. The highest BCUT2D eigenvalue weighted by Gasteiger charge is 2.12. The maximum Gasteiger partial charge on any atom is 0.124 e. The molecule has 26 heavy (non-hydrogen) atoms. The largest absolute Gasteiger partial charge is 0.508 e. The van der Waals surface area contributed by atoms with Gasteiger partial charge in [0.25, 0.3) is 0 Å². The smallest absolute Gasteiger partial charge is 0.124 e. The highest BCUT2D eigenvalue weighted by atomic mass is 32.1. The SMILES string of the molecule is OCc1cc(-c2cc3ccc(O)cc3s2)ccc1OCCN1CCCC1. The lowest BCUT2D eigenvalue weighted by Gasteiger charge is -2.16. The summed E-state index contributed by atoms with van der Waals surface area (Å²) in [6.45, 7) is 3.87. The molecule has 5 heteroatoms. The van der Waals surface area contributed by atoms with E-state index in [1.807, 2.05) is 24.3 Å². The molecule has 0 amide bonds. The molecule has 0 bridgehead atoms. The van der Waals surface area contributed by atoms with Crippen LogP contribution in [0.25, 0.3) is 20.5 Å². The molecule has 3 aromatic rings. The van der Waals surface area contributed by atoms with Gasteiger partial charge in [0.05, 0.1) is 6.61 Å². The van der Waals surface area contributed by atoms with Crippen molar-refractivity contribution in [1.29, 1.82) is 0 Å². The van der Waals surface area contributed by atoms with Gasteiger partial charge in [-0.15, -0.1) is 11.3 Å². The zero-order valence-corrected chi connectivity index (χ0v) is 15.5. The summed E-state index contributed by atoms with van der Waals surface area (Å²) in [6.07, 6.45) is 2.56. The van der Waals surface area contributed by atoms with Crippen LogP contribution in [0, 0.1) is 0 Å². The maximum atomic E-state index is 9.76. The van der Waals surface area contributed by atoms with Crippen LogP contribution in [0.2, 0.25) is 0 Å². The number of aliphatic hydroxyl groups excluding tert-OH is 1. The summed E-state index contributed by atoms with van der Waals surface area (Å²) < 4.78 is 6.98. The van der Waals surface area contributed by atoms with Gasteiger partial charge < -0.3 is 14.9 Å². The van der Waals surface area contributed by atoms with Gasteiger partial charge in [-0.05, 0) is 79.3 Å². The van der Waals surface area contributed by atoms with Gasteiger partial charge in [0.1, 0.15) is 18.1 Å². The highest BCUT2D eigenvalue weighted by molar-refractivity contribution is 7.22. The van der Waals surface area contributed by atoms with E-state index in [4.69, 9.17) is 4.74 Å². The lowest BCUT2D eigenvalue weighted by Crippen LogP contribution is -2.25. The number of phenolic OH excluding ortho intramolecular Hbond substituents is 1. The zero-order chi connectivity index (χ0) is 17.9. The molecule has 1 saturated heterocycles. The standard InChI is InChI=1S/C21H23NO3S/c23-14-17-11-15(20-12-16-3-5-18(24)13-21(16)26-20)4-6-19(17)25-10-9-22-7-1-2-8-22/h3-6,11-13,23-24H,1-2,7-10,14H2. The van der Waals surface area contributed by atoms with Gasteiger partial charge in [-0.3, -0.25) is 4.90 Å². The number of hydrogen-bond acceptors (Lipinski definition) is 5. The van der Waals surface area contributed by atoms with Crippen LogP contribution in [-0.4, -0.2) is 41.4 Å². The van der Waals surface area contributed by atoms with Crippen molar-refractivity contribution in [3.8, 4) is 21.9 Å². The van der Waals surface area contributed by atoms with Crippen LogP contribution in [0.5, 0.6) is 11.5 Å². The van der Waals surface area contributed by atoms with E-state index in [9.17, 15) is 10.2 Å². The summed E-state index contributed by atoms with van der Waals surface area (Å²) >= 11 is 1.64. The van der Waals surface area contributed by atoms with Crippen LogP contribution in [0.3, 0.4) is 0 Å². The van der Waals surface area contributed by atoms with Crippen LogP contribution in [-0.2, 0) is 6.61 Å². The molecule has 0 atom stereocenters. The second kappa shape index (κ2) is 7.66. The van der Waals surface area contributed by atoms with E-state index in [-0.39, 0.29) is 12.4 Å². The van der Waals surface area contributed by atoms with Crippen molar-refractivity contribution in [3.05, 3.63) is 48.0 Å². The van der Waals surface area contributed by atoms with E-state index < -0.39 is 0 Å². The molecule has 4 rings (SSSR count). The Morgan fingerprint density at radius 3 is 2.69 bits per heavy atom. The Bertz CT molecular complexity index is 899. The Morgan fingerprint density at radius 2 is 1.88 bits per heavy atom. The van der Waals surface area contributed by atoms with E-state index in [1.54, 1.807) is 23.5 Å². The second-order valence-corrected chi connectivity index (χ2v) is 7.79. The second-order valence-electron chi connectivity index (χ2n) is 6.71. The van der Waals surface area contributed by atoms with Crippen molar-refractivity contribution < 1.29 is 14.9 Å². The zero-order valence-electron chi connectivity index (χ0n) is 14.6. The minimum atomic E-state index is -0.0431. The van der Waals surface area contributed by atoms with Gasteiger partial charge in [0, 0.05) is 21.7 Å². The molecule has 0 radical (unpaired) electrons. The quantitative estimate of drug-likeness (QED) is 0.682. The number of aromatic hydroxyl groups is 1. The van der Waals surface area contributed by atoms with Crippen molar-refractivity contribution in [2.24, 2.45) is 0 Å². The average Bonchev–Trinajstić information content (AvgIpc) is 3.31. The Morgan fingerprint density at radius 1 is 1.04 bits per heavy atom. The average molecular weight is 369 g/mol. The first-order valence-corrected chi connectivity index (χ1v) is 9.86. The molecule has 4 nitrogen and oxygen atoms in total. The fraction of sp³-hybridized carbons (Fsp3) is 0.333. The number of fused-ring (bicyclic) bond motifs is 1. The molecule has 1 aromatic heterocycles. The normalized spacial score (nSPS) is 15.0. The molecule has 0 aliphatic carbocycles. The third kappa shape index (κ3) is 3.70. The first-order chi connectivity index (χ1) is 12.7. The van der Waals surface area contributed by atoms with Gasteiger partial charge in [-0.2, -0.15) is 0 Å². The summed E-state index contributed by atoms with van der Waals surface area (Å²) in [5.41, 5.74) is 1.87. The van der Waals surface area contributed by atoms with Crippen molar-refractivity contribution in [2.75, 3.05) is 26.2 Å². The van der Waals surface area contributed by atoms with Crippen molar-refractivity contribution in [2.45, 2.75) is 19.4 Å². The van der Waals surface area contributed by atoms with Crippen LogP contribution in [0.1, 0.15) is 18.4 Å². The fourth-order valence-corrected chi connectivity index (χ4v) is 4.54. The number of ether oxygens (including phenoxy) is 1. The van der Waals surface area contributed by atoms with E-state index in [2.05, 4.69) is 11.0 Å². The summed E-state index contributed by atoms with van der Waals surface area (Å²) in [7, 11) is 0. The topological polar surface area (TPSA) is 52.9 Å². The van der Waals surface area contributed by atoms with Crippen molar-refractivity contribution in [3.63, 3.8) is 0 Å². The fourth-order valence-electron chi connectivity index (χ4n) is 3.45. The Kier molecular flexibility index (Phi) is 5.11. The molecular formula is C21H23NO3S. The summed E-state index contributed by atoms with van der Waals surface area (Å²) in [4.78, 5) is 3.53. The molecule has 0 spiro atoms. The number of nitrogens with zero attached hydrogens (tertiary/aromatic N) is 1. The predicted octanol–water partition coefficient (Wildman–Crippen LogP) is 4.24. The Balaban J connectivity index is 1.51. The molecule has 1 fully saturated rings. The van der Waals surface area contributed by atoms with Gasteiger partial charge in [0.15, 0.2) is 0 Å². The lowest BCUT2D eigenvalue weighted by atomic mass is 10.1. The maximum absolute atomic E-state index is 9.76. The summed E-state index contributed by atoms with van der Waals surface area (Å²) in [5, 5.41) is 20.5. The van der Waals surface area contributed by atoms with Gasteiger partial charge in [-0.25, -0.2) is 0 Å². The summed E-state index contributed by atoms with van der Waals surface area (Å²) in [5.74, 6) is 1.04. The van der Waals surface area contributed by atoms with E-state index in [0.29, 0.717) is 6.61 Å². The van der Waals surface area contributed by atoms with Crippen LogP contribution in [0.4, 0.5) is 0 Å². The van der Waals surface area contributed by atoms with E-state index >= 15 is 0 Å². The highest BCUT2D eigenvalue weighted by Crippen LogP contribution is 2.36. The van der Waals surface area contributed by atoms with Crippen molar-refractivity contribution >= 4 is 21.4 Å². The Labute approximate surface area is 157 Å². The minimum Gasteiger partial charge on any atom is -0.508 e. The van der Waals surface area contributed by atoms with Gasteiger partial charge in [-0.1, -0.05) is 0 Å². The molecule has 1 aliphatic rings. The molecule has 2 aromatic carbocycles. The third-order valence-electron chi connectivity index (χ3n) is 4.88. The third-order valence-corrected chi connectivity index (χ3v) is 6.03. The molecule has 0 saturated carbocycles. The first-order valence-electron chi connectivity index (χ1n) is 9.05. The monoisotopic (exact) mass is 369 g/mol. The van der Waals surface area contributed by atoms with Crippen molar-refractivity contribution in [1.82, 2.24) is 4.90 Å². The van der Waals surface area contributed by atoms with E-state index in [1.165, 1.54) is 12.8 Å². The minimum absolute atomic E-state index is 0.0431. The summed E-state index contributed by atoms with van der Waals surface area (Å²) in [6, 6.07) is 13.5. The van der Waals surface area contributed by atoms with Gasteiger partial charge in [0.2, 0.25) is 0 Å². The molecular weight excluding hydrogens is 346 g/mol. The number of aliphatic hydroxyl groups is 1. The predicted molar refractivity (Wildman–Crippen MR) is 106 cm³/mol. The number of phenols is 1. The lowest BCUT2D eigenvalue weighted by molar-refractivity contribution is 0.227. The van der Waals surface area contributed by atoms with Gasteiger partial charge >= 0.3 is 0 Å². The van der Waals surface area contributed by atoms with Crippen LogP contribution in [0.15, 0.2) is 42.5 Å². The molecule has 2 N–H and O–H groups in total. The first kappa shape index (κ1) is 17.3. The molecule has 2 heterocycles. The van der Waals surface area contributed by atoms with E-state index in [0.717, 1.165) is 51.5 Å².